The summed E-state index contributed by atoms with van der Waals surface area (Å²) >= 11 is 0. The number of aromatic nitrogens is 2. The van der Waals surface area contributed by atoms with Gasteiger partial charge in [0, 0.05) is 7.05 Å². The molecule has 1 aliphatic rings. The van der Waals surface area contributed by atoms with Crippen molar-refractivity contribution >= 4 is 0 Å². The predicted octanol–water partition coefficient (Wildman–Crippen LogP) is 4.45. The Labute approximate surface area is 162 Å². The highest BCUT2D eigenvalue weighted by Crippen LogP contribution is 2.36. The largest absolute Gasteiger partial charge is 0.377 e. The summed E-state index contributed by atoms with van der Waals surface area (Å²) in [5.41, 5.74) is 0.615. The molecule has 0 spiro atoms. The van der Waals surface area contributed by atoms with E-state index < -0.39 is 11.9 Å². The van der Waals surface area contributed by atoms with Gasteiger partial charge < -0.3 is 19.1 Å². The van der Waals surface area contributed by atoms with Crippen molar-refractivity contribution in [2.45, 2.75) is 63.8 Å². The van der Waals surface area contributed by atoms with Crippen LogP contribution < -0.4 is 0 Å². The number of aliphatic hydroxyl groups is 1. The summed E-state index contributed by atoms with van der Waals surface area (Å²) in [7, 11) is 1.93. The van der Waals surface area contributed by atoms with Crippen LogP contribution in [-0.4, -0.2) is 27.9 Å². The van der Waals surface area contributed by atoms with Crippen LogP contribution in [0.2, 0.25) is 0 Å². The third-order valence-electron chi connectivity index (χ3n) is 5.40. The lowest BCUT2D eigenvalue weighted by molar-refractivity contribution is -0.0499. The van der Waals surface area contributed by atoms with Crippen molar-refractivity contribution in [3.63, 3.8) is 0 Å². The van der Waals surface area contributed by atoms with Gasteiger partial charge in [0.2, 0.25) is 6.29 Å². The van der Waals surface area contributed by atoms with Crippen molar-refractivity contribution < 1.29 is 14.6 Å². The first-order chi connectivity index (χ1) is 13.2. The van der Waals surface area contributed by atoms with Gasteiger partial charge in [-0.15, -0.1) is 0 Å². The van der Waals surface area contributed by atoms with E-state index in [0.717, 1.165) is 24.1 Å². The maximum absolute atomic E-state index is 11.7. The molecule has 1 saturated heterocycles. The number of nitrogens with zero attached hydrogens (tertiary/aromatic N) is 2. The molecule has 1 aromatic carbocycles. The van der Waals surface area contributed by atoms with Crippen LogP contribution in [0.15, 0.2) is 36.5 Å². The zero-order valence-corrected chi connectivity index (χ0v) is 16.6. The molecular weight excluding hydrogens is 340 g/mol. The van der Waals surface area contributed by atoms with Gasteiger partial charge in [0.1, 0.15) is 11.4 Å². The number of hydrogen-bond acceptors (Lipinski definition) is 4. The number of rotatable bonds is 10. The molecule has 5 heteroatoms. The molecule has 0 amide bonds. The predicted molar refractivity (Wildman–Crippen MR) is 105 cm³/mol. The summed E-state index contributed by atoms with van der Waals surface area (Å²) in [6.45, 7) is 3.41. The zero-order chi connectivity index (χ0) is 19.1. The van der Waals surface area contributed by atoms with Crippen molar-refractivity contribution in [3.05, 3.63) is 53.6 Å². The van der Waals surface area contributed by atoms with E-state index in [1.165, 1.54) is 25.7 Å². The van der Waals surface area contributed by atoms with Gasteiger partial charge in [0.25, 0.3) is 0 Å². The van der Waals surface area contributed by atoms with E-state index in [1.807, 2.05) is 41.9 Å². The Morgan fingerprint density at radius 1 is 1.07 bits per heavy atom. The summed E-state index contributed by atoms with van der Waals surface area (Å²) in [6.07, 6.45) is 9.13. The fourth-order valence-corrected chi connectivity index (χ4v) is 3.82. The molecule has 0 radical (unpaired) electrons. The average molecular weight is 373 g/mol. The molecule has 1 N–H and O–H groups in total. The van der Waals surface area contributed by atoms with Crippen LogP contribution in [0.3, 0.4) is 0 Å². The van der Waals surface area contributed by atoms with Gasteiger partial charge >= 0.3 is 0 Å². The van der Waals surface area contributed by atoms with E-state index in [-0.39, 0.29) is 0 Å². The monoisotopic (exact) mass is 372 g/mol. The molecule has 1 atom stereocenters. The van der Waals surface area contributed by atoms with Crippen LogP contribution in [0.5, 0.6) is 0 Å². The Bertz CT molecular complexity index is 695. The number of hydrogen-bond donors (Lipinski definition) is 1. The van der Waals surface area contributed by atoms with E-state index in [4.69, 9.17) is 9.47 Å². The standard InChI is InChI=1S/C22H32N2O3/c1-3-4-5-6-7-11-14-22(25,18-12-9-8-10-13-18)21-23-17-19(24(21)2)20-26-15-16-27-20/h8-10,12-13,17,20,25H,3-7,11,14-16H2,1-2H3. The van der Waals surface area contributed by atoms with Crippen molar-refractivity contribution in [1.82, 2.24) is 9.55 Å². The van der Waals surface area contributed by atoms with Gasteiger partial charge in [0.05, 0.1) is 25.1 Å². The minimum atomic E-state index is -1.11. The first-order valence-corrected chi connectivity index (χ1v) is 10.2. The van der Waals surface area contributed by atoms with Gasteiger partial charge in [-0.3, -0.25) is 0 Å². The number of imidazole rings is 1. The van der Waals surface area contributed by atoms with E-state index in [2.05, 4.69) is 11.9 Å². The Kier molecular flexibility index (Phi) is 7.05. The second-order valence-electron chi connectivity index (χ2n) is 7.38. The lowest BCUT2D eigenvalue weighted by Gasteiger charge is -2.29. The molecule has 2 aromatic rings. The third kappa shape index (κ3) is 4.60. The van der Waals surface area contributed by atoms with Crippen molar-refractivity contribution in [2.24, 2.45) is 7.05 Å². The van der Waals surface area contributed by atoms with Crippen LogP contribution in [-0.2, 0) is 22.1 Å². The normalized spacial score (nSPS) is 17.3. The number of ether oxygens (including phenoxy) is 2. The lowest BCUT2D eigenvalue weighted by atomic mass is 9.87. The Balaban J connectivity index is 1.80. The molecule has 1 aliphatic heterocycles. The van der Waals surface area contributed by atoms with Crippen LogP contribution in [0.1, 0.15) is 75.2 Å². The average Bonchev–Trinajstić information content (AvgIpc) is 3.35. The molecule has 1 fully saturated rings. The summed E-state index contributed by atoms with van der Waals surface area (Å²) in [4.78, 5) is 4.59. The van der Waals surface area contributed by atoms with E-state index in [1.54, 1.807) is 6.20 Å². The summed E-state index contributed by atoms with van der Waals surface area (Å²) in [5, 5.41) is 11.7. The summed E-state index contributed by atoms with van der Waals surface area (Å²) in [5.74, 6) is 0.649. The quantitative estimate of drug-likeness (QED) is 0.626. The Hall–Kier alpha value is -1.69. The summed E-state index contributed by atoms with van der Waals surface area (Å²) in [6, 6.07) is 9.87. The molecule has 2 heterocycles. The van der Waals surface area contributed by atoms with Crippen LogP contribution in [0, 0.1) is 0 Å². The molecular formula is C22H32N2O3. The molecule has 148 valence electrons. The highest BCUT2D eigenvalue weighted by molar-refractivity contribution is 5.30. The Morgan fingerprint density at radius 2 is 1.74 bits per heavy atom. The Morgan fingerprint density at radius 3 is 2.44 bits per heavy atom. The van der Waals surface area contributed by atoms with Gasteiger partial charge in [0.15, 0.2) is 0 Å². The molecule has 0 saturated carbocycles. The van der Waals surface area contributed by atoms with Gasteiger partial charge in [-0.1, -0.05) is 69.4 Å². The zero-order valence-electron chi connectivity index (χ0n) is 16.6. The maximum atomic E-state index is 11.7. The summed E-state index contributed by atoms with van der Waals surface area (Å²) < 4.78 is 13.2. The molecule has 1 aromatic heterocycles. The van der Waals surface area contributed by atoms with Crippen molar-refractivity contribution in [2.75, 3.05) is 13.2 Å². The van der Waals surface area contributed by atoms with Gasteiger partial charge in [-0.2, -0.15) is 0 Å². The van der Waals surface area contributed by atoms with Crippen LogP contribution >= 0.6 is 0 Å². The minimum absolute atomic E-state index is 0.398. The molecule has 0 aliphatic carbocycles. The van der Waals surface area contributed by atoms with Crippen molar-refractivity contribution in [1.29, 1.82) is 0 Å². The van der Waals surface area contributed by atoms with E-state index in [0.29, 0.717) is 25.5 Å². The topological polar surface area (TPSA) is 56.5 Å². The SMILES string of the molecule is CCCCCCCCC(O)(c1ccccc1)c1ncc(C2OCCO2)n1C. The second kappa shape index (κ2) is 9.49. The second-order valence-corrected chi connectivity index (χ2v) is 7.38. The molecule has 27 heavy (non-hydrogen) atoms. The third-order valence-corrected chi connectivity index (χ3v) is 5.40. The maximum Gasteiger partial charge on any atom is 0.200 e. The smallest absolute Gasteiger partial charge is 0.200 e. The number of benzene rings is 1. The minimum Gasteiger partial charge on any atom is -0.377 e. The highest BCUT2D eigenvalue weighted by Gasteiger charge is 2.37. The van der Waals surface area contributed by atoms with E-state index >= 15 is 0 Å². The lowest BCUT2D eigenvalue weighted by Crippen LogP contribution is -2.31. The molecule has 0 bridgehead atoms. The van der Waals surface area contributed by atoms with Crippen LogP contribution in [0.4, 0.5) is 0 Å². The van der Waals surface area contributed by atoms with Crippen LogP contribution in [0.25, 0.3) is 0 Å². The first-order valence-electron chi connectivity index (χ1n) is 10.2. The molecule has 5 nitrogen and oxygen atoms in total. The highest BCUT2D eigenvalue weighted by atomic mass is 16.7. The molecule has 1 unspecified atom stereocenters. The van der Waals surface area contributed by atoms with Gasteiger partial charge in [-0.25, -0.2) is 4.98 Å². The first kappa shape index (κ1) is 20.1. The molecule has 3 rings (SSSR count). The fraction of sp³-hybridized carbons (Fsp3) is 0.591. The van der Waals surface area contributed by atoms with Gasteiger partial charge in [-0.05, 0) is 18.4 Å². The van der Waals surface area contributed by atoms with Crippen molar-refractivity contribution in [3.8, 4) is 0 Å². The van der Waals surface area contributed by atoms with E-state index in [9.17, 15) is 5.11 Å². The number of unbranched alkanes of at least 4 members (excludes halogenated alkanes) is 5. The fourth-order valence-electron chi connectivity index (χ4n) is 3.82.